The van der Waals surface area contributed by atoms with Gasteiger partial charge in [0.25, 0.3) is 5.91 Å². The molecular formula is C27H37N5O6. The minimum Gasteiger partial charge on any atom is -0.452 e. The summed E-state index contributed by atoms with van der Waals surface area (Å²) in [4.78, 5) is 64.6. The first-order chi connectivity index (χ1) is 18.3. The highest BCUT2D eigenvalue weighted by atomic mass is 16.6. The summed E-state index contributed by atoms with van der Waals surface area (Å²) in [6.07, 6.45) is 4.32. The van der Waals surface area contributed by atoms with Gasteiger partial charge in [-0.25, -0.2) is 0 Å². The molecule has 0 saturated carbocycles. The Hall–Kier alpha value is -3.47. The zero-order valence-electron chi connectivity index (χ0n) is 22.0. The Kier molecular flexibility index (Phi) is 8.98. The van der Waals surface area contributed by atoms with E-state index in [0.717, 1.165) is 31.2 Å². The van der Waals surface area contributed by atoms with Gasteiger partial charge in [0.15, 0.2) is 6.10 Å². The van der Waals surface area contributed by atoms with E-state index < -0.39 is 24.2 Å². The molecular weight excluding hydrogens is 490 g/mol. The number of amides is 4. The molecule has 0 aliphatic carbocycles. The lowest BCUT2D eigenvalue weighted by Gasteiger charge is -2.35. The van der Waals surface area contributed by atoms with E-state index >= 15 is 0 Å². The van der Waals surface area contributed by atoms with Crippen molar-refractivity contribution >= 4 is 35.3 Å². The van der Waals surface area contributed by atoms with E-state index in [1.807, 2.05) is 6.07 Å². The van der Waals surface area contributed by atoms with Gasteiger partial charge in [0.05, 0.1) is 6.04 Å². The highest BCUT2D eigenvalue weighted by Crippen LogP contribution is 2.31. The molecule has 3 saturated heterocycles. The molecule has 3 aliphatic rings. The number of carbonyl (C=O) groups excluding carboxylic acids is 5. The van der Waals surface area contributed by atoms with Crippen molar-refractivity contribution < 1.29 is 28.7 Å². The van der Waals surface area contributed by atoms with Crippen molar-refractivity contribution in [2.45, 2.75) is 95.1 Å². The number of esters is 1. The second-order valence-electron chi connectivity index (χ2n) is 10.3. The maximum absolute atomic E-state index is 13.5. The van der Waals surface area contributed by atoms with Crippen molar-refractivity contribution in [2.24, 2.45) is 0 Å². The normalized spacial score (nSPS) is 26.0. The molecule has 1 aromatic carbocycles. The lowest BCUT2D eigenvalue weighted by atomic mass is 9.98. The van der Waals surface area contributed by atoms with Crippen LogP contribution in [0, 0.1) is 0 Å². The fraction of sp³-hybridized carbons (Fsp3) is 0.593. The second-order valence-corrected chi connectivity index (χ2v) is 10.3. The molecule has 0 bridgehead atoms. The van der Waals surface area contributed by atoms with Crippen molar-refractivity contribution in [3.05, 3.63) is 29.8 Å². The number of carbonyl (C=O) groups is 5. The standard InChI is InChI=1S/C27H37N5O6/c1-16(28-2)24(34)31-20-9-4-3-8-19-10-11-21(32(19)27(20)37)25(35)29-15-17-6-5-7-18(14-17)30-26(36)22-12-13-23(33)38-22/h5-7,14,16,19-22,28H,3-4,8-13,15H2,1-2H3,(H,29,35)(H,30,36)(H,31,34)/t16-,19-,20-,21-,22+/m0/s1. The smallest absolute Gasteiger partial charge is 0.306 e. The first-order valence-corrected chi connectivity index (χ1v) is 13.4. The van der Waals surface area contributed by atoms with Crippen molar-refractivity contribution in [3.8, 4) is 0 Å². The third-order valence-electron chi connectivity index (χ3n) is 7.62. The first kappa shape index (κ1) is 27.6. The third kappa shape index (κ3) is 6.50. The largest absolute Gasteiger partial charge is 0.452 e. The molecule has 11 heteroatoms. The Balaban J connectivity index is 1.37. The Bertz CT molecular complexity index is 1080. The van der Waals surface area contributed by atoms with Gasteiger partial charge in [-0.15, -0.1) is 0 Å². The van der Waals surface area contributed by atoms with Gasteiger partial charge in [0.1, 0.15) is 12.1 Å². The van der Waals surface area contributed by atoms with E-state index in [9.17, 15) is 24.0 Å². The maximum Gasteiger partial charge on any atom is 0.306 e. The van der Waals surface area contributed by atoms with Crippen molar-refractivity contribution in [1.82, 2.24) is 20.9 Å². The number of nitrogens with zero attached hydrogens (tertiary/aromatic N) is 1. The maximum atomic E-state index is 13.5. The summed E-state index contributed by atoms with van der Waals surface area (Å²) in [5.74, 6) is -1.42. The Labute approximate surface area is 222 Å². The van der Waals surface area contributed by atoms with Crippen LogP contribution in [0.1, 0.15) is 63.9 Å². The predicted octanol–water partition coefficient (Wildman–Crippen LogP) is 0.973. The highest BCUT2D eigenvalue weighted by Gasteiger charge is 2.43. The molecule has 206 valence electrons. The van der Waals surface area contributed by atoms with Crippen LogP contribution >= 0.6 is 0 Å². The quantitative estimate of drug-likeness (QED) is 0.369. The van der Waals surface area contributed by atoms with Gasteiger partial charge in [-0.05, 0) is 57.4 Å². The minimum atomic E-state index is -0.786. The van der Waals surface area contributed by atoms with Gasteiger partial charge in [-0.1, -0.05) is 25.0 Å². The summed E-state index contributed by atoms with van der Waals surface area (Å²) < 4.78 is 5.01. The number of ether oxygens (including phenoxy) is 1. The van der Waals surface area contributed by atoms with Gasteiger partial charge in [-0.3, -0.25) is 24.0 Å². The number of fused-ring (bicyclic) bond motifs is 1. The molecule has 0 unspecified atom stereocenters. The van der Waals surface area contributed by atoms with Crippen LogP contribution in [0.15, 0.2) is 24.3 Å². The number of anilines is 1. The summed E-state index contributed by atoms with van der Waals surface area (Å²) in [6, 6.07) is 5.41. The Morgan fingerprint density at radius 2 is 1.84 bits per heavy atom. The topological polar surface area (TPSA) is 146 Å². The van der Waals surface area contributed by atoms with E-state index in [4.69, 9.17) is 4.74 Å². The molecule has 11 nitrogen and oxygen atoms in total. The van der Waals surface area contributed by atoms with Gasteiger partial charge in [0, 0.05) is 31.1 Å². The average molecular weight is 528 g/mol. The van der Waals surface area contributed by atoms with Crippen LogP contribution in [-0.2, 0) is 35.3 Å². The molecule has 3 fully saturated rings. The molecule has 3 aliphatic heterocycles. The first-order valence-electron chi connectivity index (χ1n) is 13.4. The van der Waals surface area contributed by atoms with Gasteiger partial charge < -0.3 is 30.9 Å². The summed E-state index contributed by atoms with van der Waals surface area (Å²) in [5, 5.41) is 11.5. The zero-order chi connectivity index (χ0) is 27.2. The van der Waals surface area contributed by atoms with Crippen LogP contribution in [0.5, 0.6) is 0 Å². The number of rotatable bonds is 8. The molecule has 1 aromatic rings. The number of benzene rings is 1. The van der Waals surface area contributed by atoms with E-state index in [0.29, 0.717) is 24.9 Å². The van der Waals surface area contributed by atoms with Crippen molar-refractivity contribution in [2.75, 3.05) is 12.4 Å². The van der Waals surface area contributed by atoms with E-state index in [2.05, 4.69) is 21.3 Å². The average Bonchev–Trinajstić information content (AvgIpc) is 3.53. The molecule has 5 atom stereocenters. The minimum absolute atomic E-state index is 0.0112. The van der Waals surface area contributed by atoms with Crippen LogP contribution in [0.2, 0.25) is 0 Å². The van der Waals surface area contributed by atoms with Crippen LogP contribution < -0.4 is 21.3 Å². The molecule has 4 N–H and O–H groups in total. The van der Waals surface area contributed by atoms with E-state index in [1.165, 1.54) is 0 Å². The Morgan fingerprint density at radius 1 is 1.05 bits per heavy atom. The molecule has 4 rings (SSSR count). The van der Waals surface area contributed by atoms with Crippen molar-refractivity contribution in [3.63, 3.8) is 0 Å². The molecule has 0 aromatic heterocycles. The third-order valence-corrected chi connectivity index (χ3v) is 7.62. The summed E-state index contributed by atoms with van der Waals surface area (Å²) in [6.45, 7) is 1.96. The van der Waals surface area contributed by atoms with Crippen molar-refractivity contribution in [1.29, 1.82) is 0 Å². The lowest BCUT2D eigenvalue weighted by molar-refractivity contribution is -0.146. The molecule has 38 heavy (non-hydrogen) atoms. The summed E-state index contributed by atoms with van der Waals surface area (Å²) in [5.41, 5.74) is 1.32. The summed E-state index contributed by atoms with van der Waals surface area (Å²) >= 11 is 0. The number of hydrogen-bond acceptors (Lipinski definition) is 7. The van der Waals surface area contributed by atoms with Crippen LogP contribution in [0.25, 0.3) is 0 Å². The van der Waals surface area contributed by atoms with Crippen LogP contribution in [0.4, 0.5) is 5.69 Å². The van der Waals surface area contributed by atoms with Gasteiger partial charge >= 0.3 is 5.97 Å². The fourth-order valence-corrected chi connectivity index (χ4v) is 5.35. The lowest BCUT2D eigenvalue weighted by Crippen LogP contribution is -2.57. The molecule has 0 spiro atoms. The SMILES string of the molecule is CN[C@@H](C)C(=O)N[C@H]1CCCC[C@H]2CC[C@@H](C(=O)NCc3cccc(NC(=O)[C@H]4CCC(=O)O4)c3)N2C1=O. The number of hydrogen-bond donors (Lipinski definition) is 4. The number of nitrogens with one attached hydrogen (secondary N) is 4. The molecule has 0 radical (unpaired) electrons. The fourth-order valence-electron chi connectivity index (χ4n) is 5.35. The van der Waals surface area contributed by atoms with Gasteiger partial charge in [-0.2, -0.15) is 0 Å². The molecule has 4 amide bonds. The Morgan fingerprint density at radius 3 is 2.58 bits per heavy atom. The van der Waals surface area contributed by atoms with Crippen LogP contribution in [-0.4, -0.2) is 71.8 Å². The molecule has 3 heterocycles. The summed E-state index contributed by atoms with van der Waals surface area (Å²) in [7, 11) is 1.69. The zero-order valence-corrected chi connectivity index (χ0v) is 22.0. The van der Waals surface area contributed by atoms with E-state index in [-0.39, 0.29) is 48.6 Å². The predicted molar refractivity (Wildman–Crippen MR) is 139 cm³/mol. The monoisotopic (exact) mass is 527 g/mol. The van der Waals surface area contributed by atoms with Crippen LogP contribution in [0.3, 0.4) is 0 Å². The number of likely N-dealkylation sites (N-methyl/N-ethyl adjacent to an activating group) is 1. The highest BCUT2D eigenvalue weighted by molar-refractivity contribution is 5.97. The van der Waals surface area contributed by atoms with Gasteiger partial charge in [0.2, 0.25) is 17.7 Å². The van der Waals surface area contributed by atoms with E-state index in [1.54, 1.807) is 37.1 Å². The second kappa shape index (κ2) is 12.4. The number of cyclic esters (lactones) is 1.